The molecular formula is C18H23N3O. The molecule has 0 saturated carbocycles. The Morgan fingerprint density at radius 3 is 2.82 bits per heavy atom. The molecule has 1 aromatic carbocycles. The minimum absolute atomic E-state index is 0.423. The molecule has 0 bridgehead atoms. The van der Waals surface area contributed by atoms with E-state index in [1.807, 2.05) is 31.2 Å². The molecular weight excluding hydrogens is 274 g/mol. The highest BCUT2D eigenvalue weighted by Gasteiger charge is 2.22. The Balaban J connectivity index is 1.99. The second-order valence-electron chi connectivity index (χ2n) is 6.05. The molecule has 3 rings (SSSR count). The summed E-state index contributed by atoms with van der Waals surface area (Å²) in [7, 11) is 3.87. The van der Waals surface area contributed by atoms with E-state index in [0.29, 0.717) is 5.92 Å². The molecule has 2 heterocycles. The Morgan fingerprint density at radius 2 is 2.05 bits per heavy atom. The Morgan fingerprint density at radius 1 is 1.23 bits per heavy atom. The third-order valence-corrected chi connectivity index (χ3v) is 4.24. The van der Waals surface area contributed by atoms with Crippen molar-refractivity contribution in [3.05, 3.63) is 41.9 Å². The van der Waals surface area contributed by atoms with Crippen LogP contribution in [-0.2, 0) is 0 Å². The van der Waals surface area contributed by atoms with Gasteiger partial charge in [-0.15, -0.1) is 0 Å². The van der Waals surface area contributed by atoms with Gasteiger partial charge in [-0.05, 0) is 51.6 Å². The molecule has 0 radical (unpaired) electrons. The highest BCUT2D eigenvalue weighted by molar-refractivity contribution is 5.67. The summed E-state index contributed by atoms with van der Waals surface area (Å²) in [5.74, 6) is 2.24. The summed E-state index contributed by atoms with van der Waals surface area (Å²) in [6.45, 7) is 4.24. The predicted octanol–water partition coefficient (Wildman–Crippen LogP) is 3.27. The zero-order valence-electron chi connectivity index (χ0n) is 13.5. The fourth-order valence-electron chi connectivity index (χ4n) is 3.15. The van der Waals surface area contributed by atoms with Crippen LogP contribution in [0.3, 0.4) is 0 Å². The van der Waals surface area contributed by atoms with Gasteiger partial charge in [-0.25, -0.2) is 9.97 Å². The van der Waals surface area contributed by atoms with Gasteiger partial charge in [-0.3, -0.25) is 0 Å². The fourth-order valence-corrected chi connectivity index (χ4v) is 3.15. The summed E-state index contributed by atoms with van der Waals surface area (Å²) < 4.78 is 5.47. The SMILES string of the molecule is COc1ccccc1-c1cc(C)nc(C2CCCN(C)C2)n1. The van der Waals surface area contributed by atoms with Crippen molar-refractivity contribution in [2.24, 2.45) is 0 Å². The molecule has 4 heteroatoms. The van der Waals surface area contributed by atoms with Crippen molar-refractivity contribution in [2.45, 2.75) is 25.7 Å². The molecule has 0 spiro atoms. The van der Waals surface area contributed by atoms with Crippen LogP contribution in [0.2, 0.25) is 0 Å². The summed E-state index contributed by atoms with van der Waals surface area (Å²) >= 11 is 0. The van der Waals surface area contributed by atoms with Gasteiger partial charge >= 0.3 is 0 Å². The smallest absolute Gasteiger partial charge is 0.133 e. The molecule has 1 atom stereocenters. The number of nitrogens with zero attached hydrogens (tertiary/aromatic N) is 3. The van der Waals surface area contributed by atoms with Crippen LogP contribution >= 0.6 is 0 Å². The lowest BCUT2D eigenvalue weighted by atomic mass is 9.97. The number of aromatic nitrogens is 2. The maximum Gasteiger partial charge on any atom is 0.133 e. The normalized spacial score (nSPS) is 19.1. The second-order valence-corrected chi connectivity index (χ2v) is 6.05. The van der Waals surface area contributed by atoms with Crippen LogP contribution in [0.5, 0.6) is 5.75 Å². The van der Waals surface area contributed by atoms with Gasteiger partial charge in [0.25, 0.3) is 0 Å². The van der Waals surface area contributed by atoms with Crippen LogP contribution in [0.1, 0.15) is 30.3 Å². The van der Waals surface area contributed by atoms with Gasteiger partial charge < -0.3 is 9.64 Å². The summed E-state index contributed by atoms with van der Waals surface area (Å²) in [6, 6.07) is 10.1. The second kappa shape index (κ2) is 6.44. The number of rotatable bonds is 3. The quantitative estimate of drug-likeness (QED) is 0.871. The van der Waals surface area contributed by atoms with Crippen LogP contribution in [0.15, 0.2) is 30.3 Å². The van der Waals surface area contributed by atoms with Crippen LogP contribution in [-0.4, -0.2) is 42.1 Å². The van der Waals surface area contributed by atoms with Crippen LogP contribution in [0.4, 0.5) is 0 Å². The van der Waals surface area contributed by atoms with Crippen molar-refractivity contribution in [1.29, 1.82) is 0 Å². The van der Waals surface area contributed by atoms with Crippen molar-refractivity contribution in [1.82, 2.24) is 14.9 Å². The molecule has 1 saturated heterocycles. The van der Waals surface area contributed by atoms with E-state index in [-0.39, 0.29) is 0 Å². The molecule has 2 aromatic rings. The summed E-state index contributed by atoms with van der Waals surface area (Å²) in [5.41, 5.74) is 2.99. The molecule has 1 aromatic heterocycles. The van der Waals surface area contributed by atoms with Crippen molar-refractivity contribution < 1.29 is 4.74 Å². The Bertz CT molecular complexity index is 657. The predicted molar refractivity (Wildman–Crippen MR) is 88.2 cm³/mol. The number of piperidine rings is 1. The molecule has 0 aliphatic carbocycles. The lowest BCUT2D eigenvalue weighted by molar-refractivity contribution is 0.246. The first-order chi connectivity index (χ1) is 10.7. The highest BCUT2D eigenvalue weighted by Crippen LogP contribution is 2.30. The first-order valence-electron chi connectivity index (χ1n) is 7.85. The number of likely N-dealkylation sites (N-methyl/N-ethyl adjacent to an activating group) is 1. The standard InChI is InChI=1S/C18H23N3O/c1-13-11-16(15-8-4-5-9-17(15)22-3)20-18(19-13)14-7-6-10-21(2)12-14/h4-5,8-9,11,14H,6-7,10,12H2,1-3H3. The first kappa shape index (κ1) is 15.0. The van der Waals surface area contributed by atoms with Gasteiger partial charge in [-0.1, -0.05) is 12.1 Å². The monoisotopic (exact) mass is 297 g/mol. The number of benzene rings is 1. The van der Waals surface area contributed by atoms with E-state index in [1.165, 1.54) is 19.4 Å². The zero-order chi connectivity index (χ0) is 15.5. The number of hydrogen-bond donors (Lipinski definition) is 0. The summed E-state index contributed by atoms with van der Waals surface area (Å²) in [6.07, 6.45) is 2.38. The van der Waals surface area contributed by atoms with Gasteiger partial charge in [0.1, 0.15) is 11.6 Å². The van der Waals surface area contributed by atoms with Crippen molar-refractivity contribution in [2.75, 3.05) is 27.2 Å². The molecule has 0 N–H and O–H groups in total. The van der Waals surface area contributed by atoms with Gasteiger partial charge in [-0.2, -0.15) is 0 Å². The average Bonchev–Trinajstić information content (AvgIpc) is 2.54. The van der Waals surface area contributed by atoms with E-state index in [1.54, 1.807) is 7.11 Å². The number of aryl methyl sites for hydroxylation is 1. The molecule has 1 unspecified atom stereocenters. The number of hydrogen-bond acceptors (Lipinski definition) is 4. The van der Waals surface area contributed by atoms with Crippen LogP contribution < -0.4 is 4.74 Å². The molecule has 116 valence electrons. The molecule has 4 nitrogen and oxygen atoms in total. The van der Waals surface area contributed by atoms with Gasteiger partial charge in [0.15, 0.2) is 0 Å². The topological polar surface area (TPSA) is 38.2 Å². The maximum atomic E-state index is 5.47. The van der Waals surface area contributed by atoms with E-state index in [4.69, 9.17) is 14.7 Å². The summed E-state index contributed by atoms with van der Waals surface area (Å²) in [4.78, 5) is 11.9. The zero-order valence-corrected chi connectivity index (χ0v) is 13.5. The number of likely N-dealkylation sites (tertiary alicyclic amines) is 1. The van der Waals surface area contributed by atoms with E-state index in [2.05, 4.69) is 18.0 Å². The largest absolute Gasteiger partial charge is 0.496 e. The molecule has 1 fully saturated rings. The maximum absolute atomic E-state index is 5.47. The first-order valence-corrected chi connectivity index (χ1v) is 7.85. The van der Waals surface area contributed by atoms with E-state index in [9.17, 15) is 0 Å². The van der Waals surface area contributed by atoms with Crippen molar-refractivity contribution in [3.63, 3.8) is 0 Å². The van der Waals surface area contributed by atoms with Gasteiger partial charge in [0, 0.05) is 23.7 Å². The lowest BCUT2D eigenvalue weighted by Crippen LogP contribution is -2.31. The third kappa shape index (κ3) is 3.12. The highest BCUT2D eigenvalue weighted by atomic mass is 16.5. The van der Waals surface area contributed by atoms with Crippen LogP contribution in [0.25, 0.3) is 11.3 Å². The number of para-hydroxylation sites is 1. The Hall–Kier alpha value is -1.94. The third-order valence-electron chi connectivity index (χ3n) is 4.24. The van der Waals surface area contributed by atoms with Crippen molar-refractivity contribution in [3.8, 4) is 17.0 Å². The van der Waals surface area contributed by atoms with E-state index >= 15 is 0 Å². The Kier molecular flexibility index (Phi) is 4.39. The van der Waals surface area contributed by atoms with Gasteiger partial charge in [0.05, 0.1) is 12.8 Å². The average molecular weight is 297 g/mol. The molecule has 22 heavy (non-hydrogen) atoms. The minimum Gasteiger partial charge on any atom is -0.496 e. The van der Waals surface area contributed by atoms with E-state index in [0.717, 1.165) is 35.1 Å². The minimum atomic E-state index is 0.423. The lowest BCUT2D eigenvalue weighted by Gasteiger charge is -2.29. The molecule has 1 aliphatic rings. The van der Waals surface area contributed by atoms with Crippen molar-refractivity contribution >= 4 is 0 Å². The molecule has 0 amide bonds. The Labute approximate surface area is 132 Å². The van der Waals surface area contributed by atoms with E-state index < -0.39 is 0 Å². The fraction of sp³-hybridized carbons (Fsp3) is 0.444. The number of methoxy groups -OCH3 is 1. The number of ether oxygens (including phenoxy) is 1. The molecule has 1 aliphatic heterocycles. The van der Waals surface area contributed by atoms with Crippen LogP contribution in [0, 0.1) is 6.92 Å². The van der Waals surface area contributed by atoms with Gasteiger partial charge in [0.2, 0.25) is 0 Å². The summed E-state index contributed by atoms with van der Waals surface area (Å²) in [5, 5.41) is 0.